The Morgan fingerprint density at radius 1 is 1.37 bits per heavy atom. The number of hydrogen-bond acceptors (Lipinski definition) is 4. The third-order valence-corrected chi connectivity index (χ3v) is 4.04. The number of aromatic nitrogens is 2. The highest BCUT2D eigenvalue weighted by molar-refractivity contribution is 7.90. The molecular weight excluding hydrogens is 262 g/mol. The summed E-state index contributed by atoms with van der Waals surface area (Å²) in [5, 5.41) is 7.74. The van der Waals surface area contributed by atoms with Crippen molar-refractivity contribution in [3.05, 3.63) is 17.5 Å². The van der Waals surface area contributed by atoms with Crippen molar-refractivity contribution in [2.45, 2.75) is 46.2 Å². The van der Waals surface area contributed by atoms with Gasteiger partial charge in [0.15, 0.2) is 0 Å². The van der Waals surface area contributed by atoms with Crippen molar-refractivity contribution >= 4 is 9.84 Å². The second kappa shape index (κ2) is 7.05. The Hall–Kier alpha value is -0.880. The van der Waals surface area contributed by atoms with E-state index in [0.29, 0.717) is 6.42 Å². The van der Waals surface area contributed by atoms with E-state index in [1.165, 1.54) is 6.26 Å². The molecule has 6 heteroatoms. The molecule has 0 fully saturated rings. The van der Waals surface area contributed by atoms with Crippen LogP contribution in [0, 0.1) is 0 Å². The Morgan fingerprint density at radius 3 is 2.53 bits per heavy atom. The first-order valence-corrected chi connectivity index (χ1v) is 8.92. The molecule has 1 aromatic rings. The lowest BCUT2D eigenvalue weighted by atomic mass is 10.1. The summed E-state index contributed by atoms with van der Waals surface area (Å²) in [7, 11) is -2.98. The molecule has 1 unspecified atom stereocenters. The molecule has 1 heterocycles. The van der Waals surface area contributed by atoms with Gasteiger partial charge in [0, 0.05) is 31.0 Å². The summed E-state index contributed by atoms with van der Waals surface area (Å²) in [6.45, 7) is 7.69. The standard InChI is InChI=1S/C13H25N3O2S/c1-5-11-8-13(16(7-3)15-11)9-12(14-6-2)10-19(4,17)18/h8,12,14H,5-7,9-10H2,1-4H3. The first-order chi connectivity index (χ1) is 8.89. The van der Waals surface area contributed by atoms with Crippen LogP contribution in [-0.4, -0.2) is 42.8 Å². The molecule has 1 aromatic heterocycles. The van der Waals surface area contributed by atoms with Crippen LogP contribution >= 0.6 is 0 Å². The molecule has 0 saturated carbocycles. The van der Waals surface area contributed by atoms with Crippen molar-refractivity contribution in [2.24, 2.45) is 0 Å². The molecule has 110 valence electrons. The number of likely N-dealkylation sites (N-methyl/N-ethyl adjacent to an activating group) is 1. The minimum absolute atomic E-state index is 0.0493. The largest absolute Gasteiger partial charge is 0.313 e. The Bertz CT molecular complexity index is 494. The van der Waals surface area contributed by atoms with Crippen LogP contribution in [0.3, 0.4) is 0 Å². The lowest BCUT2D eigenvalue weighted by Crippen LogP contribution is -2.37. The number of nitrogens with one attached hydrogen (secondary N) is 1. The number of aryl methyl sites for hydroxylation is 2. The Balaban J connectivity index is 2.86. The zero-order valence-corrected chi connectivity index (χ0v) is 13.1. The van der Waals surface area contributed by atoms with Crippen LogP contribution in [0.1, 0.15) is 32.2 Å². The van der Waals surface area contributed by atoms with Gasteiger partial charge >= 0.3 is 0 Å². The smallest absolute Gasteiger partial charge is 0.148 e. The minimum Gasteiger partial charge on any atom is -0.313 e. The molecule has 1 atom stereocenters. The second-order valence-corrected chi connectivity index (χ2v) is 7.03. The van der Waals surface area contributed by atoms with Gasteiger partial charge in [-0.15, -0.1) is 0 Å². The zero-order valence-electron chi connectivity index (χ0n) is 12.3. The summed E-state index contributed by atoms with van der Waals surface area (Å²) in [4.78, 5) is 0. The van der Waals surface area contributed by atoms with Gasteiger partial charge in [-0.1, -0.05) is 13.8 Å². The van der Waals surface area contributed by atoms with Crippen molar-refractivity contribution in [1.29, 1.82) is 0 Å². The van der Waals surface area contributed by atoms with Crippen molar-refractivity contribution in [3.63, 3.8) is 0 Å². The van der Waals surface area contributed by atoms with Crippen LogP contribution in [0.2, 0.25) is 0 Å². The van der Waals surface area contributed by atoms with Gasteiger partial charge < -0.3 is 5.32 Å². The highest BCUT2D eigenvalue weighted by atomic mass is 32.2. The van der Waals surface area contributed by atoms with Crippen LogP contribution in [-0.2, 0) is 29.2 Å². The van der Waals surface area contributed by atoms with Crippen LogP contribution in [0.4, 0.5) is 0 Å². The molecular formula is C13H25N3O2S. The summed E-state index contributed by atoms with van der Waals surface area (Å²) >= 11 is 0. The van der Waals surface area contributed by atoms with Crippen LogP contribution < -0.4 is 5.32 Å². The number of sulfone groups is 1. The molecule has 0 saturated heterocycles. The predicted molar refractivity (Wildman–Crippen MR) is 78.2 cm³/mol. The fraction of sp³-hybridized carbons (Fsp3) is 0.769. The van der Waals surface area contributed by atoms with E-state index in [-0.39, 0.29) is 11.8 Å². The lowest BCUT2D eigenvalue weighted by Gasteiger charge is -2.17. The molecule has 1 rings (SSSR count). The normalized spacial score (nSPS) is 13.7. The fourth-order valence-corrected chi connectivity index (χ4v) is 3.19. The van der Waals surface area contributed by atoms with Gasteiger partial charge in [0.2, 0.25) is 0 Å². The van der Waals surface area contributed by atoms with Crippen molar-refractivity contribution in [2.75, 3.05) is 18.6 Å². The van der Waals surface area contributed by atoms with E-state index in [0.717, 1.165) is 30.9 Å². The summed E-state index contributed by atoms with van der Waals surface area (Å²) < 4.78 is 24.9. The van der Waals surface area contributed by atoms with Crippen LogP contribution in [0.25, 0.3) is 0 Å². The van der Waals surface area contributed by atoms with Gasteiger partial charge in [-0.3, -0.25) is 4.68 Å². The summed E-state index contributed by atoms with van der Waals surface area (Å²) in [5.41, 5.74) is 2.17. The van der Waals surface area contributed by atoms with Gasteiger partial charge in [-0.05, 0) is 26.0 Å². The number of rotatable bonds is 8. The summed E-state index contributed by atoms with van der Waals surface area (Å²) in [5.74, 6) is 0.164. The van der Waals surface area contributed by atoms with E-state index in [1.807, 2.05) is 11.6 Å². The summed E-state index contributed by atoms with van der Waals surface area (Å²) in [6, 6.07) is 2.03. The van der Waals surface area contributed by atoms with Crippen molar-refractivity contribution in [1.82, 2.24) is 15.1 Å². The van der Waals surface area contributed by atoms with Crippen LogP contribution in [0.5, 0.6) is 0 Å². The van der Waals surface area contributed by atoms with E-state index >= 15 is 0 Å². The van der Waals surface area contributed by atoms with E-state index in [9.17, 15) is 8.42 Å². The average Bonchev–Trinajstić information content (AvgIpc) is 2.69. The molecule has 0 aliphatic rings. The molecule has 0 spiro atoms. The lowest BCUT2D eigenvalue weighted by molar-refractivity contribution is 0.519. The van der Waals surface area contributed by atoms with Crippen LogP contribution in [0.15, 0.2) is 6.07 Å². The van der Waals surface area contributed by atoms with E-state index in [1.54, 1.807) is 0 Å². The quantitative estimate of drug-likeness (QED) is 0.775. The maximum Gasteiger partial charge on any atom is 0.148 e. The molecule has 5 nitrogen and oxygen atoms in total. The molecule has 1 N–H and O–H groups in total. The van der Waals surface area contributed by atoms with Gasteiger partial charge in [0.1, 0.15) is 9.84 Å². The molecule has 0 aliphatic carbocycles. The Labute approximate surface area is 116 Å². The molecule has 19 heavy (non-hydrogen) atoms. The summed E-state index contributed by atoms with van der Waals surface area (Å²) in [6.07, 6.45) is 2.88. The van der Waals surface area contributed by atoms with Crippen molar-refractivity contribution in [3.8, 4) is 0 Å². The van der Waals surface area contributed by atoms with E-state index in [4.69, 9.17) is 0 Å². The number of nitrogens with zero attached hydrogens (tertiary/aromatic N) is 2. The third kappa shape index (κ3) is 5.32. The maximum atomic E-state index is 11.5. The van der Waals surface area contributed by atoms with Crippen molar-refractivity contribution < 1.29 is 8.42 Å². The highest BCUT2D eigenvalue weighted by Crippen LogP contribution is 2.09. The van der Waals surface area contributed by atoms with Gasteiger partial charge in [0.05, 0.1) is 11.4 Å². The molecule has 0 aliphatic heterocycles. The first-order valence-electron chi connectivity index (χ1n) is 6.86. The van der Waals surface area contributed by atoms with E-state index < -0.39 is 9.84 Å². The molecule has 0 radical (unpaired) electrons. The van der Waals surface area contributed by atoms with Gasteiger partial charge in [-0.2, -0.15) is 5.10 Å². The van der Waals surface area contributed by atoms with Gasteiger partial charge in [0.25, 0.3) is 0 Å². The third-order valence-electron chi connectivity index (χ3n) is 3.03. The predicted octanol–water partition coefficient (Wildman–Crippen LogP) is 1.03. The number of hydrogen-bond donors (Lipinski definition) is 1. The Kier molecular flexibility index (Phi) is 6.00. The highest BCUT2D eigenvalue weighted by Gasteiger charge is 2.17. The topological polar surface area (TPSA) is 64.0 Å². The molecule has 0 amide bonds. The average molecular weight is 287 g/mol. The zero-order chi connectivity index (χ0) is 14.5. The minimum atomic E-state index is -2.98. The molecule has 0 aromatic carbocycles. The van der Waals surface area contributed by atoms with Gasteiger partial charge in [-0.25, -0.2) is 8.42 Å². The SMILES string of the molecule is CCNC(Cc1cc(CC)nn1CC)CS(C)(=O)=O. The van der Waals surface area contributed by atoms with E-state index in [2.05, 4.69) is 30.3 Å². The fourth-order valence-electron chi connectivity index (χ4n) is 2.22. The first kappa shape index (κ1) is 16.2. The Morgan fingerprint density at radius 2 is 2.05 bits per heavy atom. The monoisotopic (exact) mass is 287 g/mol. The molecule has 0 bridgehead atoms. The maximum absolute atomic E-state index is 11.5. The second-order valence-electron chi connectivity index (χ2n) is 4.85.